The first kappa shape index (κ1) is 35.5. The van der Waals surface area contributed by atoms with E-state index >= 15 is 0 Å². The molecule has 36 heavy (non-hydrogen) atoms. The quantitative estimate of drug-likeness (QED) is 0.0712. The van der Waals surface area contributed by atoms with Crippen molar-refractivity contribution in [3.05, 3.63) is 0 Å². The highest BCUT2D eigenvalue weighted by Gasteiger charge is 2.03. The van der Waals surface area contributed by atoms with Gasteiger partial charge in [-0.1, -0.05) is 181 Å². The number of carbonyl (C=O) groups excluding carboxylic acids is 1. The highest BCUT2D eigenvalue weighted by atomic mass is 16.5. The Labute approximate surface area is 228 Å². The standard InChI is InChI=1S/C34H68O2/c1-4-5-6-7-8-9-10-12-16-19-22-25-28-31-34(35)36-32-29-26-23-20-17-14-11-13-15-18-21-24-27-30-33(2)3/h33H,4-32H2,1-3H3. The zero-order valence-electron chi connectivity index (χ0n) is 25.4. The van der Waals surface area contributed by atoms with Crippen molar-refractivity contribution in [2.24, 2.45) is 5.92 Å². The molecule has 0 aromatic heterocycles. The lowest BCUT2D eigenvalue weighted by Crippen LogP contribution is -2.05. The maximum atomic E-state index is 11.9. The van der Waals surface area contributed by atoms with Gasteiger partial charge in [-0.2, -0.15) is 0 Å². The van der Waals surface area contributed by atoms with Crippen LogP contribution in [-0.2, 0) is 9.53 Å². The van der Waals surface area contributed by atoms with Gasteiger partial charge in [-0.3, -0.25) is 4.79 Å². The molecule has 0 aromatic carbocycles. The average molecular weight is 509 g/mol. The molecular weight excluding hydrogens is 440 g/mol. The predicted octanol–water partition coefficient (Wildman–Crippen LogP) is 12.1. The Balaban J connectivity index is 3.15. The first-order valence-electron chi connectivity index (χ1n) is 16.8. The first-order chi connectivity index (χ1) is 17.7. The Morgan fingerprint density at radius 1 is 0.472 bits per heavy atom. The van der Waals surface area contributed by atoms with E-state index < -0.39 is 0 Å². The van der Waals surface area contributed by atoms with E-state index in [4.69, 9.17) is 4.74 Å². The van der Waals surface area contributed by atoms with Gasteiger partial charge >= 0.3 is 5.97 Å². The summed E-state index contributed by atoms with van der Waals surface area (Å²) in [6, 6.07) is 0. The van der Waals surface area contributed by atoms with Crippen LogP contribution in [0.15, 0.2) is 0 Å². The fourth-order valence-electron chi connectivity index (χ4n) is 5.14. The molecule has 0 heterocycles. The second-order valence-corrected chi connectivity index (χ2v) is 12.0. The van der Waals surface area contributed by atoms with E-state index in [1.165, 1.54) is 161 Å². The monoisotopic (exact) mass is 509 g/mol. The maximum absolute atomic E-state index is 11.9. The molecule has 0 spiro atoms. The number of esters is 1. The lowest BCUT2D eigenvalue weighted by molar-refractivity contribution is -0.143. The molecule has 0 radical (unpaired) electrons. The molecule has 0 fully saturated rings. The summed E-state index contributed by atoms with van der Waals surface area (Å²) in [6.07, 6.45) is 37.2. The van der Waals surface area contributed by atoms with Crippen LogP contribution in [0.4, 0.5) is 0 Å². The molecule has 0 amide bonds. The molecule has 0 aromatic rings. The molecule has 0 N–H and O–H groups in total. The van der Waals surface area contributed by atoms with Crippen molar-refractivity contribution < 1.29 is 9.53 Å². The average Bonchev–Trinajstić information content (AvgIpc) is 2.86. The molecule has 0 aliphatic rings. The van der Waals surface area contributed by atoms with Crippen LogP contribution in [0.1, 0.15) is 201 Å². The molecule has 0 aliphatic heterocycles. The van der Waals surface area contributed by atoms with Gasteiger partial charge in [0.25, 0.3) is 0 Å². The van der Waals surface area contributed by atoms with Gasteiger partial charge < -0.3 is 4.74 Å². The van der Waals surface area contributed by atoms with E-state index in [1.54, 1.807) is 0 Å². The van der Waals surface area contributed by atoms with Gasteiger partial charge in [0.05, 0.1) is 6.61 Å². The first-order valence-corrected chi connectivity index (χ1v) is 16.8. The summed E-state index contributed by atoms with van der Waals surface area (Å²) in [5.74, 6) is 0.900. The van der Waals surface area contributed by atoms with E-state index in [-0.39, 0.29) is 5.97 Å². The summed E-state index contributed by atoms with van der Waals surface area (Å²) in [7, 11) is 0. The van der Waals surface area contributed by atoms with Gasteiger partial charge in [-0.25, -0.2) is 0 Å². The van der Waals surface area contributed by atoms with Gasteiger partial charge in [-0.15, -0.1) is 0 Å². The normalized spacial score (nSPS) is 11.4. The Bertz CT molecular complexity index is 417. The van der Waals surface area contributed by atoms with Crippen molar-refractivity contribution in [1.29, 1.82) is 0 Å². The minimum atomic E-state index is 0.0259. The van der Waals surface area contributed by atoms with Gasteiger partial charge in [0, 0.05) is 6.42 Å². The van der Waals surface area contributed by atoms with Gasteiger partial charge in [-0.05, 0) is 18.8 Å². The lowest BCUT2D eigenvalue weighted by Gasteiger charge is -2.06. The van der Waals surface area contributed by atoms with Crippen LogP contribution >= 0.6 is 0 Å². The van der Waals surface area contributed by atoms with E-state index in [0.717, 1.165) is 18.8 Å². The molecule has 2 heteroatoms. The summed E-state index contributed by atoms with van der Waals surface area (Å²) < 4.78 is 5.43. The fourth-order valence-corrected chi connectivity index (χ4v) is 5.14. The zero-order valence-corrected chi connectivity index (χ0v) is 25.4. The third kappa shape index (κ3) is 31.5. The van der Waals surface area contributed by atoms with Crippen LogP contribution in [0.3, 0.4) is 0 Å². The zero-order chi connectivity index (χ0) is 26.4. The minimum absolute atomic E-state index is 0.0259. The summed E-state index contributed by atoms with van der Waals surface area (Å²) in [4.78, 5) is 11.9. The summed E-state index contributed by atoms with van der Waals surface area (Å²) in [6.45, 7) is 7.58. The van der Waals surface area contributed by atoms with E-state index in [2.05, 4.69) is 20.8 Å². The molecule has 216 valence electrons. The lowest BCUT2D eigenvalue weighted by atomic mass is 10.0. The third-order valence-corrected chi connectivity index (χ3v) is 7.67. The van der Waals surface area contributed by atoms with Crippen LogP contribution in [-0.4, -0.2) is 12.6 Å². The molecule has 0 aliphatic carbocycles. The number of unbranched alkanes of at least 4 members (excludes halogenated alkanes) is 24. The van der Waals surface area contributed by atoms with Crippen molar-refractivity contribution in [3.8, 4) is 0 Å². The number of hydrogen-bond acceptors (Lipinski definition) is 2. The van der Waals surface area contributed by atoms with Crippen molar-refractivity contribution in [1.82, 2.24) is 0 Å². The van der Waals surface area contributed by atoms with Gasteiger partial charge in [0.2, 0.25) is 0 Å². The second kappa shape index (κ2) is 30.7. The van der Waals surface area contributed by atoms with Crippen molar-refractivity contribution in [3.63, 3.8) is 0 Å². The number of rotatable bonds is 30. The molecule has 0 atom stereocenters. The van der Waals surface area contributed by atoms with Crippen LogP contribution in [0.5, 0.6) is 0 Å². The molecule has 0 bridgehead atoms. The van der Waals surface area contributed by atoms with Crippen LogP contribution in [0.25, 0.3) is 0 Å². The minimum Gasteiger partial charge on any atom is -0.466 e. The Hall–Kier alpha value is -0.530. The van der Waals surface area contributed by atoms with E-state index in [1.807, 2.05) is 0 Å². The number of carbonyl (C=O) groups is 1. The van der Waals surface area contributed by atoms with Gasteiger partial charge in [0.15, 0.2) is 0 Å². The second-order valence-electron chi connectivity index (χ2n) is 12.0. The van der Waals surface area contributed by atoms with Crippen LogP contribution < -0.4 is 0 Å². The highest BCUT2D eigenvalue weighted by Crippen LogP contribution is 2.15. The SMILES string of the molecule is CCCCCCCCCCCCCCCC(=O)OCCCCCCCCCCCCCCCC(C)C. The molecular formula is C34H68O2. The van der Waals surface area contributed by atoms with E-state index in [9.17, 15) is 4.79 Å². The molecule has 0 rings (SSSR count). The highest BCUT2D eigenvalue weighted by molar-refractivity contribution is 5.69. The van der Waals surface area contributed by atoms with E-state index in [0.29, 0.717) is 13.0 Å². The number of ether oxygens (including phenoxy) is 1. The number of hydrogen-bond donors (Lipinski definition) is 0. The Morgan fingerprint density at radius 2 is 0.806 bits per heavy atom. The summed E-state index contributed by atoms with van der Waals surface area (Å²) >= 11 is 0. The van der Waals surface area contributed by atoms with Crippen LogP contribution in [0, 0.1) is 5.92 Å². The van der Waals surface area contributed by atoms with Crippen molar-refractivity contribution in [2.45, 2.75) is 201 Å². The molecule has 2 nitrogen and oxygen atoms in total. The fraction of sp³-hybridized carbons (Fsp3) is 0.971. The largest absolute Gasteiger partial charge is 0.466 e. The smallest absolute Gasteiger partial charge is 0.305 e. The summed E-state index contributed by atoms with van der Waals surface area (Å²) in [5.41, 5.74) is 0. The Morgan fingerprint density at radius 3 is 1.19 bits per heavy atom. The molecule has 0 saturated carbocycles. The van der Waals surface area contributed by atoms with Gasteiger partial charge in [0.1, 0.15) is 0 Å². The van der Waals surface area contributed by atoms with Crippen LogP contribution in [0.2, 0.25) is 0 Å². The van der Waals surface area contributed by atoms with Crippen molar-refractivity contribution in [2.75, 3.05) is 6.61 Å². The topological polar surface area (TPSA) is 26.3 Å². The molecule has 0 saturated heterocycles. The summed E-state index contributed by atoms with van der Waals surface area (Å²) in [5, 5.41) is 0. The maximum Gasteiger partial charge on any atom is 0.305 e. The predicted molar refractivity (Wildman–Crippen MR) is 161 cm³/mol. The third-order valence-electron chi connectivity index (χ3n) is 7.67. The molecule has 0 unspecified atom stereocenters. The Kier molecular flexibility index (Phi) is 30.2. The van der Waals surface area contributed by atoms with Crippen molar-refractivity contribution >= 4 is 5.97 Å².